The van der Waals surface area contributed by atoms with E-state index in [1.807, 2.05) is 0 Å². The van der Waals surface area contributed by atoms with Gasteiger partial charge >= 0.3 is 23.9 Å². The molecule has 0 aromatic carbocycles. The number of hydrogen-bond acceptors (Lipinski definition) is 8. The van der Waals surface area contributed by atoms with E-state index in [9.17, 15) is 24.3 Å². The zero-order valence-corrected chi connectivity index (χ0v) is 15.3. The molecule has 0 aromatic rings. The zero-order valence-electron chi connectivity index (χ0n) is 15.3. The molecule has 27 heavy (non-hydrogen) atoms. The SMILES string of the molecule is C=C(C)C(=O)OC(C)(C)CCC(=O)OC1C2OC(=O)C3C2OC1C3C(=O)O. The fraction of sp³-hybridized carbons (Fsp3) is 0.667. The van der Waals surface area contributed by atoms with Gasteiger partial charge in [-0.25, -0.2) is 4.79 Å². The van der Waals surface area contributed by atoms with E-state index in [0.29, 0.717) is 0 Å². The van der Waals surface area contributed by atoms with Crippen molar-refractivity contribution in [3.63, 3.8) is 0 Å². The molecule has 0 aromatic heterocycles. The molecule has 6 atom stereocenters. The van der Waals surface area contributed by atoms with Crippen LogP contribution in [0, 0.1) is 11.8 Å². The lowest BCUT2D eigenvalue weighted by atomic mass is 9.78. The molecule has 3 aliphatic heterocycles. The van der Waals surface area contributed by atoms with Crippen molar-refractivity contribution >= 4 is 23.9 Å². The fourth-order valence-corrected chi connectivity index (χ4v) is 3.76. The van der Waals surface area contributed by atoms with E-state index in [4.69, 9.17) is 18.9 Å². The molecule has 3 rings (SSSR count). The maximum atomic E-state index is 12.3. The van der Waals surface area contributed by atoms with Gasteiger partial charge < -0.3 is 24.1 Å². The Bertz CT molecular complexity index is 710. The normalized spacial score (nSPS) is 33.5. The van der Waals surface area contributed by atoms with Gasteiger partial charge in [0, 0.05) is 12.0 Å². The van der Waals surface area contributed by atoms with Gasteiger partial charge in [-0.3, -0.25) is 14.4 Å². The number of carbonyl (C=O) groups is 4. The molecule has 9 nitrogen and oxygen atoms in total. The molecule has 0 saturated carbocycles. The Balaban J connectivity index is 1.59. The van der Waals surface area contributed by atoms with Gasteiger partial charge in [0.25, 0.3) is 0 Å². The van der Waals surface area contributed by atoms with Crippen molar-refractivity contribution < 1.29 is 43.2 Å². The van der Waals surface area contributed by atoms with Gasteiger partial charge in [0.2, 0.25) is 0 Å². The van der Waals surface area contributed by atoms with E-state index < -0.39 is 65.7 Å². The highest BCUT2D eigenvalue weighted by molar-refractivity contribution is 5.87. The molecule has 2 bridgehead atoms. The molecule has 3 fully saturated rings. The highest BCUT2D eigenvalue weighted by atomic mass is 16.7. The number of aliphatic carboxylic acids is 1. The van der Waals surface area contributed by atoms with Crippen LogP contribution in [0.4, 0.5) is 0 Å². The summed E-state index contributed by atoms with van der Waals surface area (Å²) in [5, 5.41) is 9.38. The summed E-state index contributed by atoms with van der Waals surface area (Å²) < 4.78 is 21.4. The Morgan fingerprint density at radius 1 is 1.22 bits per heavy atom. The van der Waals surface area contributed by atoms with Crippen LogP contribution >= 0.6 is 0 Å². The summed E-state index contributed by atoms with van der Waals surface area (Å²) in [6, 6.07) is 0. The lowest BCUT2D eigenvalue weighted by molar-refractivity contribution is -0.165. The number of fused-ring (bicyclic) bond motifs is 1. The lowest BCUT2D eigenvalue weighted by Gasteiger charge is -2.27. The second-order valence-corrected chi connectivity index (χ2v) is 7.74. The van der Waals surface area contributed by atoms with Crippen molar-refractivity contribution in [2.45, 2.75) is 63.6 Å². The van der Waals surface area contributed by atoms with Crippen LogP contribution in [0.2, 0.25) is 0 Å². The molecule has 3 saturated heterocycles. The van der Waals surface area contributed by atoms with E-state index in [0.717, 1.165) is 0 Å². The summed E-state index contributed by atoms with van der Waals surface area (Å²) in [5.41, 5.74) is -0.656. The summed E-state index contributed by atoms with van der Waals surface area (Å²) in [7, 11) is 0. The molecule has 148 valence electrons. The number of esters is 3. The fourth-order valence-electron chi connectivity index (χ4n) is 3.76. The van der Waals surface area contributed by atoms with Crippen LogP contribution in [0.25, 0.3) is 0 Å². The van der Waals surface area contributed by atoms with Crippen molar-refractivity contribution in [3.8, 4) is 0 Å². The van der Waals surface area contributed by atoms with Gasteiger partial charge in [-0.2, -0.15) is 0 Å². The summed E-state index contributed by atoms with van der Waals surface area (Å²) in [6.07, 6.45) is -3.20. The topological polar surface area (TPSA) is 125 Å². The number of carbonyl (C=O) groups excluding carboxylic acids is 3. The van der Waals surface area contributed by atoms with Crippen molar-refractivity contribution in [2.24, 2.45) is 11.8 Å². The average Bonchev–Trinajstić information content (AvgIpc) is 3.16. The molecule has 9 heteroatoms. The highest BCUT2D eigenvalue weighted by Crippen LogP contribution is 2.51. The Kier molecular flexibility index (Phi) is 4.75. The monoisotopic (exact) mass is 382 g/mol. The Morgan fingerprint density at radius 3 is 2.48 bits per heavy atom. The van der Waals surface area contributed by atoms with Gasteiger partial charge in [0.1, 0.15) is 29.6 Å². The quantitative estimate of drug-likeness (QED) is 0.383. The lowest BCUT2D eigenvalue weighted by Crippen LogP contribution is -2.47. The minimum absolute atomic E-state index is 0.0633. The standard InChI is InChI=1S/C18H22O9/c1-7(2)16(22)27-18(3,4)6-5-8(19)24-13-11-9(15(20)21)10-12(25-11)14(13)26-17(10)23/h9-14H,1,5-6H2,2-4H3,(H,20,21). The summed E-state index contributed by atoms with van der Waals surface area (Å²) >= 11 is 0. The van der Waals surface area contributed by atoms with Crippen LogP contribution in [0.5, 0.6) is 0 Å². The van der Waals surface area contributed by atoms with Crippen LogP contribution in [0.3, 0.4) is 0 Å². The van der Waals surface area contributed by atoms with Crippen molar-refractivity contribution in [2.75, 3.05) is 0 Å². The predicted octanol–water partition coefficient (Wildman–Crippen LogP) is 0.600. The van der Waals surface area contributed by atoms with Crippen molar-refractivity contribution in [3.05, 3.63) is 12.2 Å². The maximum absolute atomic E-state index is 12.3. The molecule has 3 aliphatic rings. The zero-order chi connectivity index (χ0) is 20.1. The first kappa shape index (κ1) is 19.3. The number of carboxylic acids is 1. The number of ether oxygens (including phenoxy) is 4. The summed E-state index contributed by atoms with van der Waals surface area (Å²) in [4.78, 5) is 47.3. The number of hydrogen-bond donors (Lipinski definition) is 1. The van der Waals surface area contributed by atoms with Gasteiger partial charge in [-0.15, -0.1) is 0 Å². The van der Waals surface area contributed by atoms with Crippen molar-refractivity contribution in [1.29, 1.82) is 0 Å². The third-order valence-corrected chi connectivity index (χ3v) is 5.11. The average molecular weight is 382 g/mol. The molecule has 1 N–H and O–H groups in total. The van der Waals surface area contributed by atoms with Gasteiger partial charge in [-0.1, -0.05) is 6.58 Å². The molecule has 0 radical (unpaired) electrons. The van der Waals surface area contributed by atoms with Crippen LogP contribution in [-0.2, 0) is 38.1 Å². The first-order valence-electron chi connectivity index (χ1n) is 8.69. The largest absolute Gasteiger partial charge is 0.481 e. The van der Waals surface area contributed by atoms with E-state index in [1.54, 1.807) is 13.8 Å². The molecule has 0 spiro atoms. The summed E-state index contributed by atoms with van der Waals surface area (Å²) in [6.45, 7) is 8.35. The summed E-state index contributed by atoms with van der Waals surface area (Å²) in [5.74, 6) is -4.92. The first-order valence-corrected chi connectivity index (χ1v) is 8.69. The van der Waals surface area contributed by atoms with E-state index in [-0.39, 0.29) is 18.4 Å². The van der Waals surface area contributed by atoms with Gasteiger partial charge in [0.05, 0.1) is 0 Å². The minimum Gasteiger partial charge on any atom is -0.481 e. The van der Waals surface area contributed by atoms with E-state index >= 15 is 0 Å². The van der Waals surface area contributed by atoms with Crippen LogP contribution in [0.15, 0.2) is 12.2 Å². The molecular weight excluding hydrogens is 360 g/mol. The predicted molar refractivity (Wildman–Crippen MR) is 87.3 cm³/mol. The Morgan fingerprint density at radius 2 is 1.89 bits per heavy atom. The molecule has 6 unspecified atom stereocenters. The second-order valence-electron chi connectivity index (χ2n) is 7.74. The van der Waals surface area contributed by atoms with Crippen LogP contribution < -0.4 is 0 Å². The van der Waals surface area contributed by atoms with E-state index in [1.165, 1.54) is 6.92 Å². The molecular formula is C18H22O9. The third kappa shape index (κ3) is 3.43. The minimum atomic E-state index is -1.18. The van der Waals surface area contributed by atoms with E-state index in [2.05, 4.69) is 6.58 Å². The molecule has 3 heterocycles. The Hall–Kier alpha value is -2.42. The van der Waals surface area contributed by atoms with Crippen LogP contribution in [0.1, 0.15) is 33.6 Å². The second kappa shape index (κ2) is 6.63. The maximum Gasteiger partial charge on any atom is 0.333 e. The van der Waals surface area contributed by atoms with Gasteiger partial charge in [-0.05, 0) is 27.2 Å². The molecule has 0 aliphatic carbocycles. The Labute approximate surface area is 155 Å². The third-order valence-electron chi connectivity index (χ3n) is 5.11. The van der Waals surface area contributed by atoms with Gasteiger partial charge in [0.15, 0.2) is 12.2 Å². The van der Waals surface area contributed by atoms with Crippen molar-refractivity contribution in [1.82, 2.24) is 0 Å². The molecule has 0 amide bonds. The smallest absolute Gasteiger partial charge is 0.333 e. The first-order chi connectivity index (χ1) is 12.5. The number of rotatable bonds is 7. The highest BCUT2D eigenvalue weighted by Gasteiger charge is 2.71. The van der Waals surface area contributed by atoms with Crippen LogP contribution in [-0.4, -0.2) is 59.0 Å². The number of carboxylic acid groups (broad SMARTS) is 1.